The normalized spacial score (nSPS) is 12.4. The highest BCUT2D eigenvalue weighted by Crippen LogP contribution is 2.23. The molecule has 1 atom stereocenters. The van der Waals surface area contributed by atoms with Crippen molar-refractivity contribution in [1.82, 2.24) is 34.3 Å². The van der Waals surface area contributed by atoms with Crippen molar-refractivity contribution in [3.63, 3.8) is 0 Å². The molecule has 0 radical (unpaired) electrons. The van der Waals surface area contributed by atoms with Crippen molar-refractivity contribution in [2.45, 2.75) is 59.1 Å². The van der Waals surface area contributed by atoms with Crippen molar-refractivity contribution in [2.24, 2.45) is 5.41 Å². The van der Waals surface area contributed by atoms with E-state index in [1.807, 2.05) is 0 Å². The number of imidazole rings is 1. The van der Waals surface area contributed by atoms with Gasteiger partial charge in [0.05, 0.1) is 12.2 Å². The lowest BCUT2D eigenvalue weighted by Gasteiger charge is -2.19. The van der Waals surface area contributed by atoms with Crippen LogP contribution < -0.4 is 10.9 Å². The van der Waals surface area contributed by atoms with Crippen LogP contribution in [0.4, 0.5) is 10.5 Å². The monoisotopic (exact) mass is 580 g/mol. The van der Waals surface area contributed by atoms with E-state index in [1.165, 1.54) is 46.9 Å². The molecule has 0 aliphatic rings. The zero-order chi connectivity index (χ0) is 31.0. The number of pyridine rings is 1. The van der Waals surface area contributed by atoms with Crippen LogP contribution in [0.5, 0.6) is 0 Å². The van der Waals surface area contributed by atoms with E-state index in [1.54, 1.807) is 32.4 Å². The molecule has 42 heavy (non-hydrogen) atoms. The molecular formula is C29H40N8O5. The number of anilines is 1. The minimum absolute atomic E-state index is 0.0218. The fraction of sp³-hybridized carbons (Fsp3) is 0.483. The third-order valence-electron chi connectivity index (χ3n) is 6.31. The Hall–Kier alpha value is -4.55. The molecule has 3 amide bonds. The predicted octanol–water partition coefficient (Wildman–Crippen LogP) is 2.97. The van der Waals surface area contributed by atoms with Crippen LogP contribution in [0.15, 0.2) is 41.6 Å². The van der Waals surface area contributed by atoms with Gasteiger partial charge in [0.25, 0.3) is 11.5 Å². The highest BCUT2D eigenvalue weighted by atomic mass is 16.6. The van der Waals surface area contributed by atoms with E-state index in [9.17, 15) is 19.2 Å². The quantitative estimate of drug-likeness (QED) is 0.328. The standard InChI is InChI=1S/C29H40N8O5/c1-29(2,3)15-14-19-24-25(31-18-30-19)34-22(33-24)17-37-16-10-11-20(27(37)40)32-26(39)21(42-28(41)36(6)7)12-8-9-13-23(38)35(4)5/h9-11,13,16,18,21H,8,12,14-15,17H2,1-7H3,(H,32,39)(H,30,31,33,34)/b13-9+. The van der Waals surface area contributed by atoms with Gasteiger partial charge in [-0.05, 0) is 49.3 Å². The molecule has 226 valence electrons. The van der Waals surface area contributed by atoms with E-state index >= 15 is 0 Å². The van der Waals surface area contributed by atoms with Gasteiger partial charge in [0.2, 0.25) is 5.91 Å². The van der Waals surface area contributed by atoms with Gasteiger partial charge in [-0.3, -0.25) is 14.4 Å². The summed E-state index contributed by atoms with van der Waals surface area (Å²) in [7, 11) is 6.25. The van der Waals surface area contributed by atoms with Crippen LogP contribution in [0.2, 0.25) is 0 Å². The van der Waals surface area contributed by atoms with E-state index in [0.717, 1.165) is 18.5 Å². The van der Waals surface area contributed by atoms with Crippen molar-refractivity contribution in [3.8, 4) is 0 Å². The van der Waals surface area contributed by atoms with Crippen molar-refractivity contribution >= 4 is 34.8 Å². The van der Waals surface area contributed by atoms with Gasteiger partial charge in [-0.2, -0.15) is 0 Å². The highest BCUT2D eigenvalue weighted by Gasteiger charge is 2.24. The van der Waals surface area contributed by atoms with Crippen LogP contribution in [0.25, 0.3) is 11.2 Å². The molecule has 3 aromatic rings. The summed E-state index contributed by atoms with van der Waals surface area (Å²) in [4.78, 5) is 69.5. The van der Waals surface area contributed by atoms with Gasteiger partial charge in [-0.25, -0.2) is 19.7 Å². The molecule has 0 bridgehead atoms. The summed E-state index contributed by atoms with van der Waals surface area (Å²) in [6.07, 6.45) is 6.27. The molecule has 3 aromatic heterocycles. The summed E-state index contributed by atoms with van der Waals surface area (Å²) in [5, 5.41) is 2.59. The van der Waals surface area contributed by atoms with Crippen LogP contribution >= 0.6 is 0 Å². The van der Waals surface area contributed by atoms with E-state index in [0.29, 0.717) is 23.4 Å². The SMILES string of the molecule is CN(C)C(=O)/C=C/CCC(OC(=O)N(C)C)C(=O)Nc1cccn(Cc2nc3c(CCC(C)(C)C)ncnc3[nH]2)c1=O. The minimum Gasteiger partial charge on any atom is -0.436 e. The number of hydrogen-bond acceptors (Lipinski definition) is 8. The van der Waals surface area contributed by atoms with Crippen LogP contribution in [0.1, 0.15) is 51.6 Å². The summed E-state index contributed by atoms with van der Waals surface area (Å²) in [5.41, 5.74) is 1.80. The third-order valence-corrected chi connectivity index (χ3v) is 6.31. The molecule has 0 saturated heterocycles. The summed E-state index contributed by atoms with van der Waals surface area (Å²) >= 11 is 0. The average molecular weight is 581 g/mol. The maximum Gasteiger partial charge on any atom is 0.410 e. The van der Waals surface area contributed by atoms with Gasteiger partial charge >= 0.3 is 6.09 Å². The fourth-order valence-electron chi connectivity index (χ4n) is 3.86. The number of hydrogen-bond donors (Lipinski definition) is 2. The van der Waals surface area contributed by atoms with Gasteiger partial charge in [-0.1, -0.05) is 26.8 Å². The second-order valence-electron chi connectivity index (χ2n) is 11.6. The number of amides is 3. The molecule has 3 heterocycles. The Morgan fingerprint density at radius 2 is 1.88 bits per heavy atom. The molecule has 0 spiro atoms. The molecule has 1 unspecified atom stereocenters. The lowest BCUT2D eigenvalue weighted by Crippen LogP contribution is -2.37. The largest absolute Gasteiger partial charge is 0.436 e. The second kappa shape index (κ2) is 13.9. The molecule has 2 N–H and O–H groups in total. The number of ether oxygens (including phenoxy) is 1. The van der Waals surface area contributed by atoms with Crippen molar-refractivity contribution < 1.29 is 19.1 Å². The van der Waals surface area contributed by atoms with Crippen molar-refractivity contribution in [2.75, 3.05) is 33.5 Å². The summed E-state index contributed by atoms with van der Waals surface area (Å²) in [5.74, 6) is -0.344. The van der Waals surface area contributed by atoms with Crippen LogP contribution in [-0.2, 0) is 27.3 Å². The molecule has 3 rings (SSSR count). The Kier molecular flexibility index (Phi) is 10.6. The first-order valence-corrected chi connectivity index (χ1v) is 13.7. The van der Waals surface area contributed by atoms with E-state index in [4.69, 9.17) is 4.74 Å². The molecular weight excluding hydrogens is 540 g/mol. The van der Waals surface area contributed by atoms with Crippen molar-refractivity contribution in [3.05, 3.63) is 58.7 Å². The fourth-order valence-corrected chi connectivity index (χ4v) is 3.86. The lowest BCUT2D eigenvalue weighted by atomic mass is 9.90. The number of rotatable bonds is 11. The predicted molar refractivity (Wildman–Crippen MR) is 159 cm³/mol. The zero-order valence-corrected chi connectivity index (χ0v) is 25.3. The maximum absolute atomic E-state index is 13.3. The molecule has 0 saturated carbocycles. The van der Waals surface area contributed by atoms with Gasteiger partial charge in [0, 0.05) is 34.4 Å². The number of allylic oxidation sites excluding steroid dienone is 1. The number of carbonyl (C=O) groups excluding carboxylic acids is 3. The van der Waals surface area contributed by atoms with E-state index in [-0.39, 0.29) is 30.0 Å². The number of H-pyrrole nitrogens is 1. The van der Waals surface area contributed by atoms with Gasteiger partial charge in [0.1, 0.15) is 23.4 Å². The number of aromatic nitrogens is 5. The molecule has 0 aliphatic heterocycles. The number of aryl methyl sites for hydroxylation is 1. The van der Waals surface area contributed by atoms with E-state index in [2.05, 4.69) is 46.0 Å². The van der Waals surface area contributed by atoms with Crippen LogP contribution in [-0.4, -0.2) is 86.5 Å². The topological polar surface area (TPSA) is 155 Å². The van der Waals surface area contributed by atoms with Gasteiger partial charge in [0.15, 0.2) is 11.8 Å². The average Bonchev–Trinajstić information content (AvgIpc) is 3.33. The number of likely N-dealkylation sites (N-methyl/N-ethyl adjacent to an activating group) is 1. The number of carbonyl (C=O) groups is 3. The third kappa shape index (κ3) is 8.98. The first kappa shape index (κ1) is 32.0. The van der Waals surface area contributed by atoms with E-state index < -0.39 is 23.7 Å². The first-order valence-electron chi connectivity index (χ1n) is 13.7. The number of nitrogens with one attached hydrogen (secondary N) is 2. The molecule has 0 aliphatic carbocycles. The Labute approximate surface area is 245 Å². The maximum atomic E-state index is 13.3. The molecule has 0 fully saturated rings. The van der Waals surface area contributed by atoms with Gasteiger partial charge in [-0.15, -0.1) is 0 Å². The number of aromatic amines is 1. The minimum atomic E-state index is -1.19. The van der Waals surface area contributed by atoms with Gasteiger partial charge < -0.3 is 29.4 Å². The smallest absolute Gasteiger partial charge is 0.410 e. The second-order valence-corrected chi connectivity index (χ2v) is 11.6. The molecule has 13 heteroatoms. The molecule has 0 aromatic carbocycles. The highest BCUT2D eigenvalue weighted by molar-refractivity contribution is 5.95. The number of fused-ring (bicyclic) bond motifs is 1. The zero-order valence-electron chi connectivity index (χ0n) is 25.3. The Morgan fingerprint density at radius 3 is 2.55 bits per heavy atom. The van der Waals surface area contributed by atoms with Crippen molar-refractivity contribution in [1.29, 1.82) is 0 Å². The summed E-state index contributed by atoms with van der Waals surface area (Å²) in [6, 6.07) is 3.11. The van der Waals surface area contributed by atoms with Crippen LogP contribution in [0, 0.1) is 5.41 Å². The lowest BCUT2D eigenvalue weighted by molar-refractivity contribution is -0.125. The first-order chi connectivity index (χ1) is 19.7. The summed E-state index contributed by atoms with van der Waals surface area (Å²) in [6.45, 7) is 6.61. The number of nitrogens with zero attached hydrogens (tertiary/aromatic N) is 6. The Bertz CT molecular complexity index is 1500. The Morgan fingerprint density at radius 1 is 1.14 bits per heavy atom. The molecule has 13 nitrogen and oxygen atoms in total. The summed E-state index contributed by atoms with van der Waals surface area (Å²) < 4.78 is 6.77. The Balaban J connectivity index is 1.76. The van der Waals surface area contributed by atoms with Crippen LogP contribution in [0.3, 0.4) is 0 Å².